The van der Waals surface area contributed by atoms with Gasteiger partial charge in [0.1, 0.15) is 0 Å². The van der Waals surface area contributed by atoms with E-state index >= 15 is 0 Å². The predicted octanol–water partition coefficient (Wildman–Crippen LogP) is 3.15. The molecule has 1 aromatic carbocycles. The smallest absolute Gasteiger partial charge is 0.0890 e. The van der Waals surface area contributed by atoms with Crippen LogP contribution in [0.15, 0.2) is 41.9 Å². The molecule has 0 heterocycles. The standard InChI is InChI=1S/C20H31N3O/c1-16(17-7-5-4-6-8-17)23(15-21-2)14-13-20(24)18-9-11-19(22-3)12-10-18/h4-8,15,18-20,22,24H,1,9-14H2,2-3H3. The van der Waals surface area contributed by atoms with Crippen LogP contribution in [0.1, 0.15) is 37.7 Å². The predicted molar refractivity (Wildman–Crippen MR) is 102 cm³/mol. The Morgan fingerprint density at radius 1 is 1.33 bits per heavy atom. The molecule has 1 aliphatic rings. The van der Waals surface area contributed by atoms with Gasteiger partial charge in [-0.3, -0.25) is 4.99 Å². The average Bonchev–Trinajstić information content (AvgIpc) is 2.65. The number of aliphatic hydroxyl groups excluding tert-OH is 1. The Morgan fingerprint density at radius 3 is 2.58 bits per heavy atom. The van der Waals surface area contributed by atoms with Crippen molar-refractivity contribution in [1.82, 2.24) is 10.2 Å². The van der Waals surface area contributed by atoms with E-state index in [2.05, 4.69) is 16.9 Å². The van der Waals surface area contributed by atoms with E-state index in [1.165, 1.54) is 0 Å². The van der Waals surface area contributed by atoms with Crippen LogP contribution in [0.5, 0.6) is 0 Å². The van der Waals surface area contributed by atoms with Crippen LogP contribution < -0.4 is 5.32 Å². The minimum atomic E-state index is -0.251. The van der Waals surface area contributed by atoms with E-state index < -0.39 is 0 Å². The van der Waals surface area contributed by atoms with E-state index in [0.29, 0.717) is 12.0 Å². The van der Waals surface area contributed by atoms with Crippen LogP contribution >= 0.6 is 0 Å². The second kappa shape index (κ2) is 9.60. The van der Waals surface area contributed by atoms with Gasteiger partial charge < -0.3 is 15.3 Å². The molecular weight excluding hydrogens is 298 g/mol. The van der Waals surface area contributed by atoms with Gasteiger partial charge in [-0.1, -0.05) is 36.9 Å². The third-order valence-electron chi connectivity index (χ3n) is 5.10. The molecule has 4 nitrogen and oxygen atoms in total. The Balaban J connectivity index is 1.88. The van der Waals surface area contributed by atoms with Gasteiger partial charge in [-0.25, -0.2) is 0 Å². The highest BCUT2D eigenvalue weighted by molar-refractivity contribution is 5.74. The first-order valence-electron chi connectivity index (χ1n) is 8.94. The summed E-state index contributed by atoms with van der Waals surface area (Å²) < 4.78 is 0. The highest BCUT2D eigenvalue weighted by Crippen LogP contribution is 2.28. The lowest BCUT2D eigenvalue weighted by molar-refractivity contribution is 0.0695. The van der Waals surface area contributed by atoms with Crippen LogP contribution in [0.4, 0.5) is 0 Å². The molecule has 0 aromatic heterocycles. The third kappa shape index (κ3) is 5.18. The van der Waals surface area contributed by atoms with Crippen molar-refractivity contribution in [3.63, 3.8) is 0 Å². The fourth-order valence-electron chi connectivity index (χ4n) is 3.50. The summed E-state index contributed by atoms with van der Waals surface area (Å²) in [5, 5.41) is 13.9. The zero-order valence-electron chi connectivity index (χ0n) is 15.0. The zero-order valence-corrected chi connectivity index (χ0v) is 15.0. The summed E-state index contributed by atoms with van der Waals surface area (Å²) >= 11 is 0. The van der Waals surface area contributed by atoms with Crippen molar-refractivity contribution in [2.24, 2.45) is 10.9 Å². The van der Waals surface area contributed by atoms with Crippen LogP contribution in [-0.2, 0) is 0 Å². The van der Waals surface area contributed by atoms with Crippen molar-refractivity contribution in [2.45, 2.75) is 44.2 Å². The van der Waals surface area contributed by atoms with E-state index in [-0.39, 0.29) is 6.10 Å². The maximum Gasteiger partial charge on any atom is 0.0890 e. The number of aliphatic hydroxyl groups is 1. The molecule has 0 aliphatic heterocycles. The highest BCUT2D eigenvalue weighted by Gasteiger charge is 2.26. The minimum absolute atomic E-state index is 0.251. The van der Waals surface area contributed by atoms with E-state index in [0.717, 1.165) is 49.9 Å². The van der Waals surface area contributed by atoms with Crippen molar-refractivity contribution in [2.75, 3.05) is 20.6 Å². The average molecular weight is 329 g/mol. The summed E-state index contributed by atoms with van der Waals surface area (Å²) in [7, 11) is 3.79. The number of aliphatic imine (C=N–C) groups is 1. The molecule has 4 heteroatoms. The van der Waals surface area contributed by atoms with Crippen molar-refractivity contribution < 1.29 is 5.11 Å². The van der Waals surface area contributed by atoms with Gasteiger partial charge in [0.25, 0.3) is 0 Å². The summed E-state index contributed by atoms with van der Waals surface area (Å²) in [6.07, 6.45) is 6.83. The second-order valence-corrected chi connectivity index (χ2v) is 6.64. The van der Waals surface area contributed by atoms with Gasteiger partial charge >= 0.3 is 0 Å². The zero-order chi connectivity index (χ0) is 17.4. The summed E-state index contributed by atoms with van der Waals surface area (Å²) in [5.74, 6) is 0.417. The molecule has 2 N–H and O–H groups in total. The maximum atomic E-state index is 10.6. The fourth-order valence-corrected chi connectivity index (χ4v) is 3.50. The SMILES string of the molecule is C=C(c1ccccc1)N(C=NC)CCC(O)C1CCC(NC)CC1. The Labute approximate surface area is 146 Å². The lowest BCUT2D eigenvalue weighted by atomic mass is 9.82. The molecule has 132 valence electrons. The van der Waals surface area contributed by atoms with Crippen molar-refractivity contribution in [1.29, 1.82) is 0 Å². The highest BCUT2D eigenvalue weighted by atomic mass is 16.3. The molecule has 2 rings (SSSR count). The van der Waals surface area contributed by atoms with Crippen molar-refractivity contribution in [3.05, 3.63) is 42.5 Å². The first-order valence-corrected chi connectivity index (χ1v) is 8.94. The number of rotatable bonds is 8. The van der Waals surface area contributed by atoms with Gasteiger partial charge in [0.2, 0.25) is 0 Å². The topological polar surface area (TPSA) is 47.9 Å². The number of hydrogen-bond acceptors (Lipinski definition) is 3. The molecule has 1 saturated carbocycles. The minimum Gasteiger partial charge on any atom is -0.393 e. The third-order valence-corrected chi connectivity index (χ3v) is 5.10. The van der Waals surface area contributed by atoms with Crippen LogP contribution in [-0.4, -0.2) is 49.1 Å². The molecule has 24 heavy (non-hydrogen) atoms. The van der Waals surface area contributed by atoms with Crippen molar-refractivity contribution in [3.8, 4) is 0 Å². The molecule has 0 radical (unpaired) electrons. The quantitative estimate of drug-likeness (QED) is 0.569. The summed E-state index contributed by atoms with van der Waals surface area (Å²) in [4.78, 5) is 6.18. The molecule has 0 saturated heterocycles. The molecular formula is C20H31N3O. The Bertz CT molecular complexity index is 521. The first kappa shape index (κ1) is 18.7. The fraction of sp³-hybridized carbons (Fsp3) is 0.550. The van der Waals surface area contributed by atoms with Gasteiger partial charge in [0, 0.05) is 25.3 Å². The van der Waals surface area contributed by atoms with E-state index in [4.69, 9.17) is 0 Å². The molecule has 1 aliphatic carbocycles. The van der Waals surface area contributed by atoms with E-state index in [9.17, 15) is 5.11 Å². The monoisotopic (exact) mass is 329 g/mol. The van der Waals surface area contributed by atoms with Crippen molar-refractivity contribution >= 4 is 12.0 Å². The molecule has 1 unspecified atom stereocenters. The summed E-state index contributed by atoms with van der Waals surface area (Å²) in [5.41, 5.74) is 2.01. The molecule has 1 atom stereocenters. The van der Waals surface area contributed by atoms with Gasteiger partial charge in [-0.15, -0.1) is 0 Å². The molecule has 0 bridgehead atoms. The largest absolute Gasteiger partial charge is 0.393 e. The Kier molecular flexibility index (Phi) is 7.47. The van der Waals surface area contributed by atoms with E-state index in [1.807, 2.05) is 42.3 Å². The van der Waals surface area contributed by atoms with Crippen LogP contribution in [0.25, 0.3) is 5.70 Å². The van der Waals surface area contributed by atoms with Gasteiger partial charge in [0.15, 0.2) is 0 Å². The lowest BCUT2D eigenvalue weighted by Crippen LogP contribution is -2.35. The first-order chi connectivity index (χ1) is 11.7. The second-order valence-electron chi connectivity index (χ2n) is 6.64. The maximum absolute atomic E-state index is 10.6. The summed E-state index contributed by atoms with van der Waals surface area (Å²) in [6, 6.07) is 10.7. The lowest BCUT2D eigenvalue weighted by Gasteiger charge is -2.32. The molecule has 1 fully saturated rings. The number of nitrogens with one attached hydrogen (secondary N) is 1. The Morgan fingerprint density at radius 2 is 2.00 bits per heavy atom. The van der Waals surface area contributed by atoms with Crippen LogP contribution in [0.3, 0.4) is 0 Å². The van der Waals surface area contributed by atoms with Gasteiger partial charge in [0.05, 0.1) is 12.4 Å². The van der Waals surface area contributed by atoms with Gasteiger partial charge in [-0.2, -0.15) is 0 Å². The number of nitrogens with zero attached hydrogens (tertiary/aromatic N) is 2. The van der Waals surface area contributed by atoms with Gasteiger partial charge in [-0.05, 0) is 50.6 Å². The van der Waals surface area contributed by atoms with Crippen LogP contribution in [0.2, 0.25) is 0 Å². The number of hydrogen-bond donors (Lipinski definition) is 2. The normalized spacial score (nSPS) is 22.5. The molecule has 1 aromatic rings. The molecule has 0 spiro atoms. The molecule has 0 amide bonds. The number of benzene rings is 1. The Hall–Kier alpha value is -1.65. The van der Waals surface area contributed by atoms with E-state index in [1.54, 1.807) is 13.4 Å². The van der Waals surface area contributed by atoms with Crippen LogP contribution in [0, 0.1) is 5.92 Å². The summed E-state index contributed by atoms with van der Waals surface area (Å²) in [6.45, 7) is 4.93.